The summed E-state index contributed by atoms with van der Waals surface area (Å²) in [7, 11) is 0. The van der Waals surface area contributed by atoms with Crippen molar-refractivity contribution in [3.63, 3.8) is 0 Å². The largest absolute Gasteiger partial charge is 0.452 e. The molecule has 3 unspecified atom stereocenters. The summed E-state index contributed by atoms with van der Waals surface area (Å²) in [5.41, 5.74) is 0.850. The zero-order valence-electron chi connectivity index (χ0n) is 13.7. The first-order valence-corrected chi connectivity index (χ1v) is 7.29. The normalized spacial score (nSPS) is 29.9. The standard InChI is InChI=1S/C16H24O6/c1-6-9(3)15(18)21-13-11(5)20-8-12(17)14(13)22-16(19)10(4)7-2/h6-7,11-14,17H,8H2,1-5H3/b9-6-,10-7-/t11?,12?,13-,14?/m0/s1. The third kappa shape index (κ3) is 4.42. The molecule has 1 aliphatic rings. The Balaban J connectivity index is 2.92. The fraction of sp³-hybridized carbons (Fsp3) is 0.625. The van der Waals surface area contributed by atoms with Gasteiger partial charge in [-0.15, -0.1) is 0 Å². The van der Waals surface area contributed by atoms with Crippen molar-refractivity contribution >= 4 is 11.9 Å². The molecule has 1 fully saturated rings. The minimum atomic E-state index is -1.05. The average molecular weight is 312 g/mol. The Hall–Kier alpha value is -1.66. The first-order chi connectivity index (χ1) is 10.3. The zero-order chi connectivity index (χ0) is 16.9. The lowest BCUT2D eigenvalue weighted by atomic mass is 10.0. The number of aliphatic hydroxyl groups is 1. The fourth-order valence-electron chi connectivity index (χ4n) is 1.90. The molecule has 0 spiro atoms. The van der Waals surface area contributed by atoms with Crippen LogP contribution in [0.3, 0.4) is 0 Å². The summed E-state index contributed by atoms with van der Waals surface area (Å²) in [6.45, 7) is 8.40. The van der Waals surface area contributed by atoms with Crippen molar-refractivity contribution in [2.45, 2.75) is 59.0 Å². The Kier molecular flexibility index (Phi) is 6.77. The van der Waals surface area contributed by atoms with Gasteiger partial charge in [0.25, 0.3) is 0 Å². The molecule has 1 rings (SSSR count). The monoisotopic (exact) mass is 312 g/mol. The molecule has 0 aliphatic carbocycles. The van der Waals surface area contributed by atoms with Crippen LogP contribution < -0.4 is 0 Å². The molecule has 0 saturated carbocycles. The van der Waals surface area contributed by atoms with Crippen LogP contribution in [0.5, 0.6) is 0 Å². The van der Waals surface area contributed by atoms with Gasteiger partial charge < -0.3 is 19.3 Å². The molecule has 6 nitrogen and oxygen atoms in total. The van der Waals surface area contributed by atoms with E-state index in [9.17, 15) is 14.7 Å². The third-order valence-corrected chi connectivity index (χ3v) is 3.69. The average Bonchev–Trinajstić information content (AvgIpc) is 2.51. The number of carbonyl (C=O) groups is 2. The zero-order valence-corrected chi connectivity index (χ0v) is 13.7. The van der Waals surface area contributed by atoms with Crippen molar-refractivity contribution in [2.75, 3.05) is 6.61 Å². The molecular formula is C16H24O6. The van der Waals surface area contributed by atoms with E-state index in [1.165, 1.54) is 0 Å². The van der Waals surface area contributed by atoms with Crippen LogP contribution in [0.2, 0.25) is 0 Å². The molecule has 0 radical (unpaired) electrons. The van der Waals surface area contributed by atoms with E-state index < -0.39 is 36.4 Å². The fourth-order valence-corrected chi connectivity index (χ4v) is 1.90. The van der Waals surface area contributed by atoms with Crippen molar-refractivity contribution in [1.82, 2.24) is 0 Å². The summed E-state index contributed by atoms with van der Waals surface area (Å²) in [5.74, 6) is -1.08. The number of hydrogen-bond donors (Lipinski definition) is 1. The number of rotatable bonds is 4. The summed E-state index contributed by atoms with van der Waals surface area (Å²) in [5, 5.41) is 10.0. The van der Waals surface area contributed by atoms with Crippen LogP contribution in [0.1, 0.15) is 34.6 Å². The van der Waals surface area contributed by atoms with Crippen LogP contribution in [-0.2, 0) is 23.8 Å². The van der Waals surface area contributed by atoms with Crippen molar-refractivity contribution in [2.24, 2.45) is 0 Å². The van der Waals surface area contributed by atoms with Crippen molar-refractivity contribution in [3.8, 4) is 0 Å². The minimum absolute atomic E-state index is 0.0185. The van der Waals surface area contributed by atoms with E-state index >= 15 is 0 Å². The van der Waals surface area contributed by atoms with Crippen LogP contribution in [0.25, 0.3) is 0 Å². The summed E-state index contributed by atoms with van der Waals surface area (Å²) in [6.07, 6.45) is -0.116. The van der Waals surface area contributed by atoms with Crippen LogP contribution in [0.4, 0.5) is 0 Å². The highest BCUT2D eigenvalue weighted by Gasteiger charge is 2.43. The van der Waals surface area contributed by atoms with E-state index in [1.807, 2.05) is 0 Å². The molecule has 0 aromatic heterocycles. The maximum Gasteiger partial charge on any atom is 0.333 e. The predicted molar refractivity (Wildman–Crippen MR) is 80.0 cm³/mol. The van der Waals surface area contributed by atoms with Crippen molar-refractivity contribution in [1.29, 1.82) is 0 Å². The van der Waals surface area contributed by atoms with E-state index in [2.05, 4.69) is 0 Å². The highest BCUT2D eigenvalue weighted by Crippen LogP contribution is 2.23. The highest BCUT2D eigenvalue weighted by molar-refractivity contribution is 5.88. The highest BCUT2D eigenvalue weighted by atomic mass is 16.6. The van der Waals surface area contributed by atoms with Gasteiger partial charge in [0.05, 0.1) is 12.7 Å². The van der Waals surface area contributed by atoms with Crippen LogP contribution in [-0.4, -0.2) is 48.1 Å². The molecular weight excluding hydrogens is 288 g/mol. The van der Waals surface area contributed by atoms with Gasteiger partial charge >= 0.3 is 11.9 Å². The van der Waals surface area contributed by atoms with Gasteiger partial charge in [0, 0.05) is 11.1 Å². The Labute approximate surface area is 130 Å². The predicted octanol–water partition coefficient (Wildman–Crippen LogP) is 1.52. The van der Waals surface area contributed by atoms with Crippen molar-refractivity contribution < 1.29 is 28.9 Å². The maximum atomic E-state index is 11.9. The van der Waals surface area contributed by atoms with Crippen LogP contribution >= 0.6 is 0 Å². The van der Waals surface area contributed by atoms with Crippen molar-refractivity contribution in [3.05, 3.63) is 23.3 Å². The quantitative estimate of drug-likeness (QED) is 0.626. The first kappa shape index (κ1) is 18.4. The smallest absolute Gasteiger partial charge is 0.333 e. The van der Waals surface area contributed by atoms with Gasteiger partial charge in [-0.2, -0.15) is 0 Å². The second kappa shape index (κ2) is 8.10. The van der Waals surface area contributed by atoms with E-state index in [4.69, 9.17) is 14.2 Å². The number of allylic oxidation sites excluding steroid dienone is 2. The van der Waals surface area contributed by atoms with Crippen LogP contribution in [0, 0.1) is 0 Å². The molecule has 1 N–H and O–H groups in total. The second-order valence-electron chi connectivity index (χ2n) is 5.29. The summed E-state index contributed by atoms with van der Waals surface area (Å²) in [6, 6.07) is 0. The molecule has 22 heavy (non-hydrogen) atoms. The van der Waals surface area contributed by atoms with E-state index in [0.717, 1.165) is 0 Å². The van der Waals surface area contributed by atoms with Gasteiger partial charge in [0.1, 0.15) is 6.10 Å². The molecule has 0 aromatic rings. The summed E-state index contributed by atoms with van der Waals surface area (Å²) >= 11 is 0. The molecule has 0 bridgehead atoms. The number of aliphatic hydroxyl groups excluding tert-OH is 1. The van der Waals surface area contributed by atoms with Gasteiger partial charge in [-0.1, -0.05) is 12.2 Å². The topological polar surface area (TPSA) is 82.1 Å². The van der Waals surface area contributed by atoms with E-state index in [1.54, 1.807) is 46.8 Å². The molecule has 124 valence electrons. The SMILES string of the molecule is C/C=C(/C)C(=O)OC1C(O)COC(C)[C@@H]1OC(=O)/C(C)=C\C. The molecule has 1 aliphatic heterocycles. The second-order valence-corrected chi connectivity index (χ2v) is 5.29. The third-order valence-electron chi connectivity index (χ3n) is 3.69. The Bertz CT molecular complexity index is 435. The van der Waals surface area contributed by atoms with Gasteiger partial charge in [-0.05, 0) is 34.6 Å². The number of esters is 2. The lowest BCUT2D eigenvalue weighted by Gasteiger charge is -2.38. The number of carbonyl (C=O) groups excluding carboxylic acids is 2. The molecule has 1 heterocycles. The van der Waals surface area contributed by atoms with Gasteiger partial charge in [0.2, 0.25) is 0 Å². The van der Waals surface area contributed by atoms with Gasteiger partial charge in [-0.25, -0.2) is 9.59 Å². The molecule has 1 saturated heterocycles. The molecule has 0 amide bonds. The van der Waals surface area contributed by atoms with E-state index in [0.29, 0.717) is 11.1 Å². The Morgan fingerprint density at radius 2 is 1.50 bits per heavy atom. The lowest BCUT2D eigenvalue weighted by Crippen LogP contribution is -2.55. The Morgan fingerprint density at radius 1 is 1.05 bits per heavy atom. The van der Waals surface area contributed by atoms with E-state index in [-0.39, 0.29) is 6.61 Å². The number of ether oxygens (including phenoxy) is 3. The van der Waals surface area contributed by atoms with Gasteiger partial charge in [-0.3, -0.25) is 0 Å². The summed E-state index contributed by atoms with van der Waals surface area (Å²) < 4.78 is 16.0. The minimum Gasteiger partial charge on any atom is -0.452 e. The Morgan fingerprint density at radius 3 is 1.95 bits per heavy atom. The van der Waals surface area contributed by atoms with Gasteiger partial charge in [0.15, 0.2) is 12.2 Å². The molecule has 4 atom stereocenters. The molecule has 6 heteroatoms. The van der Waals surface area contributed by atoms with Crippen LogP contribution in [0.15, 0.2) is 23.3 Å². The first-order valence-electron chi connectivity index (χ1n) is 7.29. The lowest BCUT2D eigenvalue weighted by molar-refractivity contribution is -0.213. The number of hydrogen-bond acceptors (Lipinski definition) is 6. The summed E-state index contributed by atoms with van der Waals surface area (Å²) in [4.78, 5) is 23.9. The maximum absolute atomic E-state index is 11.9. The molecule has 0 aromatic carbocycles.